The van der Waals surface area contributed by atoms with Crippen molar-refractivity contribution in [3.63, 3.8) is 0 Å². The topological polar surface area (TPSA) is 50.4 Å². The van der Waals surface area contributed by atoms with E-state index in [1.807, 2.05) is 12.1 Å². The standard InChI is InChI=1S/C19H22N2O2/c1-12-7-6-8-13(2)17(12)21-18-15-10-5-4-9-14(15)11-16(20-18)19(22)23-3/h4-10,16,18,20-21H,11H2,1-3H3/t16-,18?/m0/s1. The molecule has 2 aromatic carbocycles. The van der Waals surface area contributed by atoms with Crippen LogP contribution in [0.1, 0.15) is 28.4 Å². The molecule has 0 bridgehead atoms. The summed E-state index contributed by atoms with van der Waals surface area (Å²) in [4.78, 5) is 12.0. The second-order valence-electron chi connectivity index (χ2n) is 5.99. The highest BCUT2D eigenvalue weighted by atomic mass is 16.5. The van der Waals surface area contributed by atoms with E-state index in [1.165, 1.54) is 29.4 Å². The van der Waals surface area contributed by atoms with Crippen molar-refractivity contribution >= 4 is 11.7 Å². The van der Waals surface area contributed by atoms with Gasteiger partial charge in [-0.05, 0) is 42.5 Å². The van der Waals surface area contributed by atoms with Crippen LogP contribution < -0.4 is 10.6 Å². The van der Waals surface area contributed by atoms with Crippen molar-refractivity contribution in [1.29, 1.82) is 0 Å². The molecule has 2 N–H and O–H groups in total. The van der Waals surface area contributed by atoms with Gasteiger partial charge in [-0.3, -0.25) is 10.1 Å². The van der Waals surface area contributed by atoms with Crippen LogP contribution in [0.3, 0.4) is 0 Å². The summed E-state index contributed by atoms with van der Waals surface area (Å²) in [7, 11) is 1.43. The second kappa shape index (κ2) is 6.42. The number of para-hydroxylation sites is 1. The Morgan fingerprint density at radius 3 is 2.52 bits per heavy atom. The maximum atomic E-state index is 12.0. The molecule has 3 rings (SSSR count). The average Bonchev–Trinajstić information content (AvgIpc) is 2.57. The molecular weight excluding hydrogens is 288 g/mol. The third kappa shape index (κ3) is 3.08. The first-order chi connectivity index (χ1) is 11.1. The minimum atomic E-state index is -0.336. The summed E-state index contributed by atoms with van der Waals surface area (Å²) in [5.74, 6) is -0.229. The first kappa shape index (κ1) is 15.6. The molecule has 0 saturated heterocycles. The van der Waals surface area contributed by atoms with Gasteiger partial charge in [0.25, 0.3) is 0 Å². The molecule has 1 aliphatic heterocycles. The Balaban J connectivity index is 1.95. The molecule has 120 valence electrons. The summed E-state index contributed by atoms with van der Waals surface area (Å²) < 4.78 is 4.92. The van der Waals surface area contributed by atoms with E-state index in [0.717, 1.165) is 5.69 Å². The van der Waals surface area contributed by atoms with Gasteiger partial charge in [-0.2, -0.15) is 0 Å². The number of methoxy groups -OCH3 is 1. The Hall–Kier alpha value is -2.33. The lowest BCUT2D eigenvalue weighted by molar-refractivity contribution is -0.143. The zero-order valence-electron chi connectivity index (χ0n) is 13.7. The maximum absolute atomic E-state index is 12.0. The number of hydrogen-bond donors (Lipinski definition) is 2. The smallest absolute Gasteiger partial charge is 0.323 e. The third-order valence-electron chi connectivity index (χ3n) is 4.41. The Morgan fingerprint density at radius 2 is 1.83 bits per heavy atom. The number of carbonyl (C=O) groups excluding carboxylic acids is 1. The van der Waals surface area contributed by atoms with Gasteiger partial charge in [0.05, 0.1) is 7.11 Å². The molecule has 1 unspecified atom stereocenters. The maximum Gasteiger partial charge on any atom is 0.323 e. The summed E-state index contributed by atoms with van der Waals surface area (Å²) in [6.45, 7) is 4.17. The molecule has 0 fully saturated rings. The first-order valence-corrected chi connectivity index (χ1v) is 7.84. The number of anilines is 1. The van der Waals surface area contributed by atoms with Gasteiger partial charge >= 0.3 is 5.97 Å². The van der Waals surface area contributed by atoms with Crippen LogP contribution in [0.2, 0.25) is 0 Å². The molecule has 0 amide bonds. The van der Waals surface area contributed by atoms with Crippen LogP contribution in [0.5, 0.6) is 0 Å². The van der Waals surface area contributed by atoms with Crippen LogP contribution in [0.15, 0.2) is 42.5 Å². The Labute approximate surface area is 136 Å². The van der Waals surface area contributed by atoms with Crippen LogP contribution in [-0.2, 0) is 16.0 Å². The number of rotatable bonds is 3. The summed E-state index contributed by atoms with van der Waals surface area (Å²) in [5, 5.41) is 6.94. The van der Waals surface area contributed by atoms with E-state index in [0.29, 0.717) is 6.42 Å². The number of benzene rings is 2. The van der Waals surface area contributed by atoms with Crippen molar-refractivity contribution in [2.24, 2.45) is 0 Å². The quantitative estimate of drug-likeness (QED) is 0.855. The lowest BCUT2D eigenvalue weighted by atomic mass is 9.93. The van der Waals surface area contributed by atoms with Crippen molar-refractivity contribution in [3.8, 4) is 0 Å². The normalized spacial score (nSPS) is 19.8. The molecule has 0 spiro atoms. The predicted octanol–water partition coefficient (Wildman–Crippen LogP) is 3.10. The molecule has 4 heteroatoms. The highest BCUT2D eigenvalue weighted by Crippen LogP contribution is 2.29. The van der Waals surface area contributed by atoms with E-state index in [2.05, 4.69) is 54.8 Å². The van der Waals surface area contributed by atoms with Crippen molar-refractivity contribution in [3.05, 3.63) is 64.7 Å². The Morgan fingerprint density at radius 1 is 1.13 bits per heavy atom. The SMILES string of the molecule is COC(=O)[C@@H]1Cc2ccccc2C(Nc2c(C)cccc2C)N1. The number of fused-ring (bicyclic) bond motifs is 1. The van der Waals surface area contributed by atoms with E-state index in [4.69, 9.17) is 4.74 Å². The number of nitrogens with one attached hydrogen (secondary N) is 2. The number of esters is 1. The summed E-state index contributed by atoms with van der Waals surface area (Å²) in [5.41, 5.74) is 5.82. The van der Waals surface area contributed by atoms with Gasteiger partial charge < -0.3 is 10.1 Å². The van der Waals surface area contributed by atoms with Crippen molar-refractivity contribution in [2.75, 3.05) is 12.4 Å². The molecule has 0 saturated carbocycles. The first-order valence-electron chi connectivity index (χ1n) is 7.84. The second-order valence-corrected chi connectivity index (χ2v) is 5.99. The van der Waals surface area contributed by atoms with E-state index in [-0.39, 0.29) is 18.2 Å². The number of carbonyl (C=O) groups is 1. The molecule has 0 radical (unpaired) electrons. The predicted molar refractivity (Wildman–Crippen MR) is 91.4 cm³/mol. The van der Waals surface area contributed by atoms with E-state index in [1.54, 1.807) is 0 Å². The molecular formula is C19H22N2O2. The van der Waals surface area contributed by atoms with Crippen LogP contribution in [0.4, 0.5) is 5.69 Å². The van der Waals surface area contributed by atoms with E-state index in [9.17, 15) is 4.79 Å². The minimum Gasteiger partial charge on any atom is -0.468 e. The highest BCUT2D eigenvalue weighted by molar-refractivity contribution is 5.77. The lowest BCUT2D eigenvalue weighted by Crippen LogP contribution is -2.47. The highest BCUT2D eigenvalue weighted by Gasteiger charge is 2.31. The van der Waals surface area contributed by atoms with E-state index >= 15 is 0 Å². The van der Waals surface area contributed by atoms with Crippen LogP contribution in [-0.4, -0.2) is 19.1 Å². The molecule has 0 aromatic heterocycles. The van der Waals surface area contributed by atoms with Crippen LogP contribution >= 0.6 is 0 Å². The van der Waals surface area contributed by atoms with Gasteiger partial charge in [-0.1, -0.05) is 42.5 Å². The summed E-state index contributed by atoms with van der Waals surface area (Å²) in [6.07, 6.45) is 0.525. The third-order valence-corrected chi connectivity index (χ3v) is 4.41. The van der Waals surface area contributed by atoms with Gasteiger partial charge in [0.1, 0.15) is 12.2 Å². The van der Waals surface area contributed by atoms with Crippen molar-refractivity contribution in [2.45, 2.75) is 32.5 Å². The largest absolute Gasteiger partial charge is 0.468 e. The molecule has 23 heavy (non-hydrogen) atoms. The van der Waals surface area contributed by atoms with Gasteiger partial charge in [0.15, 0.2) is 0 Å². The summed E-state index contributed by atoms with van der Waals surface area (Å²) >= 11 is 0. The Kier molecular flexibility index (Phi) is 4.35. The fraction of sp³-hybridized carbons (Fsp3) is 0.316. The van der Waals surface area contributed by atoms with Gasteiger partial charge in [-0.15, -0.1) is 0 Å². The molecule has 1 aliphatic rings. The van der Waals surface area contributed by atoms with E-state index < -0.39 is 0 Å². The molecule has 1 heterocycles. The lowest BCUT2D eigenvalue weighted by Gasteiger charge is -2.33. The molecule has 2 atom stereocenters. The van der Waals surface area contributed by atoms with Gasteiger partial charge in [-0.25, -0.2) is 0 Å². The molecule has 0 aliphatic carbocycles. The number of ether oxygens (including phenoxy) is 1. The average molecular weight is 310 g/mol. The van der Waals surface area contributed by atoms with Crippen molar-refractivity contribution < 1.29 is 9.53 Å². The van der Waals surface area contributed by atoms with Crippen LogP contribution in [0.25, 0.3) is 0 Å². The fourth-order valence-corrected chi connectivity index (χ4v) is 3.17. The Bertz CT molecular complexity index is 707. The number of hydrogen-bond acceptors (Lipinski definition) is 4. The van der Waals surface area contributed by atoms with Gasteiger partial charge in [0, 0.05) is 5.69 Å². The summed E-state index contributed by atoms with van der Waals surface area (Å²) in [6, 6.07) is 14.1. The monoisotopic (exact) mass is 310 g/mol. The fourth-order valence-electron chi connectivity index (χ4n) is 3.17. The minimum absolute atomic E-state index is 0.121. The van der Waals surface area contributed by atoms with Gasteiger partial charge in [0.2, 0.25) is 0 Å². The molecule has 4 nitrogen and oxygen atoms in total. The zero-order chi connectivity index (χ0) is 16.4. The molecule has 2 aromatic rings. The zero-order valence-corrected chi connectivity index (χ0v) is 13.7. The van der Waals surface area contributed by atoms with Crippen molar-refractivity contribution in [1.82, 2.24) is 5.32 Å². The van der Waals surface area contributed by atoms with Crippen LogP contribution in [0, 0.1) is 13.8 Å². The number of aryl methyl sites for hydroxylation is 2.